The van der Waals surface area contributed by atoms with Crippen LogP contribution in [0, 0.1) is 0 Å². The van der Waals surface area contributed by atoms with E-state index in [1.807, 2.05) is 6.92 Å². The van der Waals surface area contributed by atoms with Gasteiger partial charge in [0.1, 0.15) is 6.04 Å². The third-order valence-electron chi connectivity index (χ3n) is 2.56. The Morgan fingerprint density at radius 2 is 2.33 bits per heavy atom. The lowest BCUT2D eigenvalue weighted by Gasteiger charge is -2.15. The first-order valence-electron chi connectivity index (χ1n) is 6.01. The van der Waals surface area contributed by atoms with Crippen LogP contribution in [0.25, 0.3) is 0 Å². The van der Waals surface area contributed by atoms with Crippen molar-refractivity contribution in [3.8, 4) is 0 Å². The van der Waals surface area contributed by atoms with E-state index < -0.39 is 12.0 Å². The molecule has 18 heavy (non-hydrogen) atoms. The maximum atomic E-state index is 11.6. The minimum absolute atomic E-state index is 0.133. The molecule has 0 aromatic carbocycles. The summed E-state index contributed by atoms with van der Waals surface area (Å²) < 4.78 is 4.68. The summed E-state index contributed by atoms with van der Waals surface area (Å²) in [4.78, 5) is 30.0. The molecule has 0 saturated heterocycles. The van der Waals surface area contributed by atoms with Crippen molar-refractivity contribution < 1.29 is 14.3 Å². The van der Waals surface area contributed by atoms with Crippen molar-refractivity contribution in [1.82, 2.24) is 15.3 Å². The number of H-pyrrole nitrogens is 1. The molecular formula is C12H19N3O3. The van der Waals surface area contributed by atoms with Crippen molar-refractivity contribution >= 4 is 11.9 Å². The molecule has 0 unspecified atom stereocenters. The standard InChI is InChI=1S/C12H19N3O3/c1-3-4-5-11(16)15-10(12(17)18-2)6-9-7-13-8-14-9/h7-8,10H,3-6H2,1-2H3,(H,13,14)(H,15,16)/t10-/m0/s1. The van der Waals surface area contributed by atoms with Gasteiger partial charge in [-0.15, -0.1) is 0 Å². The van der Waals surface area contributed by atoms with Gasteiger partial charge in [-0.05, 0) is 6.42 Å². The van der Waals surface area contributed by atoms with E-state index in [4.69, 9.17) is 0 Å². The van der Waals surface area contributed by atoms with Crippen molar-refractivity contribution in [2.45, 2.75) is 38.6 Å². The monoisotopic (exact) mass is 253 g/mol. The number of nitrogens with zero attached hydrogens (tertiary/aromatic N) is 1. The Morgan fingerprint density at radius 3 is 2.89 bits per heavy atom. The van der Waals surface area contributed by atoms with Crippen molar-refractivity contribution in [1.29, 1.82) is 0 Å². The van der Waals surface area contributed by atoms with Gasteiger partial charge >= 0.3 is 5.97 Å². The number of amides is 1. The Hall–Kier alpha value is -1.85. The van der Waals surface area contributed by atoms with Crippen molar-refractivity contribution in [3.63, 3.8) is 0 Å². The Morgan fingerprint density at radius 1 is 1.56 bits per heavy atom. The van der Waals surface area contributed by atoms with Gasteiger partial charge in [-0.1, -0.05) is 13.3 Å². The number of nitrogens with one attached hydrogen (secondary N) is 2. The minimum atomic E-state index is -0.667. The number of methoxy groups -OCH3 is 1. The van der Waals surface area contributed by atoms with Crippen LogP contribution >= 0.6 is 0 Å². The van der Waals surface area contributed by atoms with Crippen LogP contribution in [-0.4, -0.2) is 35.0 Å². The second kappa shape index (κ2) is 7.47. The van der Waals surface area contributed by atoms with Gasteiger partial charge < -0.3 is 15.0 Å². The zero-order valence-electron chi connectivity index (χ0n) is 10.7. The van der Waals surface area contributed by atoms with Gasteiger partial charge in [-0.2, -0.15) is 0 Å². The van der Waals surface area contributed by atoms with E-state index in [1.165, 1.54) is 13.4 Å². The van der Waals surface area contributed by atoms with Crippen molar-refractivity contribution in [3.05, 3.63) is 18.2 Å². The lowest BCUT2D eigenvalue weighted by molar-refractivity contribution is -0.145. The number of carbonyl (C=O) groups excluding carboxylic acids is 2. The normalized spacial score (nSPS) is 11.9. The van der Waals surface area contributed by atoms with E-state index in [-0.39, 0.29) is 5.91 Å². The molecule has 0 saturated carbocycles. The third-order valence-corrected chi connectivity index (χ3v) is 2.56. The topological polar surface area (TPSA) is 84.1 Å². The summed E-state index contributed by atoms with van der Waals surface area (Å²) in [5.41, 5.74) is 0.779. The predicted octanol–water partition coefficient (Wildman–Crippen LogP) is 0.800. The molecule has 100 valence electrons. The molecule has 0 aliphatic rings. The molecule has 0 fully saturated rings. The van der Waals surface area contributed by atoms with Crippen molar-refractivity contribution in [2.24, 2.45) is 0 Å². The molecule has 2 N–H and O–H groups in total. The number of aromatic nitrogens is 2. The van der Waals surface area contributed by atoms with Gasteiger partial charge in [0, 0.05) is 24.7 Å². The van der Waals surface area contributed by atoms with Gasteiger partial charge in [0.15, 0.2) is 0 Å². The van der Waals surface area contributed by atoms with Crippen LogP contribution in [0.1, 0.15) is 31.9 Å². The molecule has 0 aliphatic heterocycles. The average Bonchev–Trinajstić information content (AvgIpc) is 2.87. The smallest absolute Gasteiger partial charge is 0.328 e. The number of unbranched alkanes of at least 4 members (excludes halogenated alkanes) is 1. The van der Waals surface area contributed by atoms with Crippen LogP contribution in [0.2, 0.25) is 0 Å². The average molecular weight is 253 g/mol. The highest BCUT2D eigenvalue weighted by Gasteiger charge is 2.22. The first-order chi connectivity index (χ1) is 8.67. The molecule has 6 heteroatoms. The predicted molar refractivity (Wildman–Crippen MR) is 65.8 cm³/mol. The summed E-state index contributed by atoms with van der Waals surface area (Å²) in [6.45, 7) is 2.01. The zero-order valence-corrected chi connectivity index (χ0v) is 10.7. The summed E-state index contributed by atoms with van der Waals surface area (Å²) in [5.74, 6) is -0.582. The van der Waals surface area contributed by atoms with Crippen LogP contribution in [0.3, 0.4) is 0 Å². The number of hydrogen-bond acceptors (Lipinski definition) is 4. The molecule has 0 radical (unpaired) electrons. The minimum Gasteiger partial charge on any atom is -0.467 e. The number of hydrogen-bond donors (Lipinski definition) is 2. The molecular weight excluding hydrogens is 234 g/mol. The van der Waals surface area contributed by atoms with E-state index in [0.717, 1.165) is 18.5 Å². The first kappa shape index (κ1) is 14.2. The Kier molecular flexibility index (Phi) is 5.90. The van der Waals surface area contributed by atoms with Crippen LogP contribution in [0.15, 0.2) is 12.5 Å². The molecule has 1 amide bonds. The van der Waals surface area contributed by atoms with Gasteiger partial charge in [0.05, 0.1) is 13.4 Å². The largest absolute Gasteiger partial charge is 0.467 e. The Bertz CT molecular complexity index is 376. The summed E-state index contributed by atoms with van der Waals surface area (Å²) in [6, 6.07) is -0.667. The fourth-order valence-corrected chi connectivity index (χ4v) is 1.56. The molecule has 1 heterocycles. The van der Waals surface area contributed by atoms with Crippen LogP contribution < -0.4 is 5.32 Å². The lowest BCUT2D eigenvalue weighted by Crippen LogP contribution is -2.43. The number of aromatic amines is 1. The second-order valence-corrected chi connectivity index (χ2v) is 4.03. The molecule has 1 atom stereocenters. The fraction of sp³-hybridized carbons (Fsp3) is 0.583. The van der Waals surface area contributed by atoms with E-state index in [0.29, 0.717) is 12.8 Å². The molecule has 6 nitrogen and oxygen atoms in total. The summed E-state index contributed by atoms with van der Waals surface area (Å²) in [7, 11) is 1.31. The van der Waals surface area contributed by atoms with E-state index in [9.17, 15) is 9.59 Å². The van der Waals surface area contributed by atoms with E-state index in [1.54, 1.807) is 6.20 Å². The van der Waals surface area contributed by atoms with Gasteiger partial charge in [0.2, 0.25) is 5.91 Å². The molecule has 1 aromatic heterocycles. The van der Waals surface area contributed by atoms with Crippen molar-refractivity contribution in [2.75, 3.05) is 7.11 Å². The Balaban J connectivity index is 2.55. The lowest BCUT2D eigenvalue weighted by atomic mass is 10.1. The highest BCUT2D eigenvalue weighted by Crippen LogP contribution is 2.02. The zero-order chi connectivity index (χ0) is 13.4. The summed E-state index contributed by atoms with van der Waals surface area (Å²) in [6.07, 6.45) is 5.68. The van der Waals surface area contributed by atoms with Crippen LogP contribution in [-0.2, 0) is 20.7 Å². The molecule has 1 rings (SSSR count). The maximum Gasteiger partial charge on any atom is 0.328 e. The second-order valence-electron chi connectivity index (χ2n) is 4.03. The van der Waals surface area contributed by atoms with E-state index in [2.05, 4.69) is 20.0 Å². The number of ether oxygens (including phenoxy) is 1. The summed E-state index contributed by atoms with van der Waals surface area (Å²) in [5, 5.41) is 2.68. The van der Waals surface area contributed by atoms with Gasteiger partial charge in [0.25, 0.3) is 0 Å². The molecule has 1 aromatic rings. The highest BCUT2D eigenvalue weighted by atomic mass is 16.5. The molecule has 0 bridgehead atoms. The number of imidazole rings is 1. The summed E-state index contributed by atoms with van der Waals surface area (Å²) >= 11 is 0. The SMILES string of the molecule is CCCCC(=O)N[C@@H](Cc1cnc[nH]1)C(=O)OC. The first-order valence-corrected chi connectivity index (χ1v) is 6.01. The number of carbonyl (C=O) groups is 2. The van der Waals surface area contributed by atoms with Crippen LogP contribution in [0.5, 0.6) is 0 Å². The van der Waals surface area contributed by atoms with Crippen LogP contribution in [0.4, 0.5) is 0 Å². The van der Waals surface area contributed by atoms with Gasteiger partial charge in [-0.25, -0.2) is 9.78 Å². The van der Waals surface area contributed by atoms with E-state index >= 15 is 0 Å². The third kappa shape index (κ3) is 4.57. The highest BCUT2D eigenvalue weighted by molar-refractivity contribution is 5.84. The molecule has 0 aliphatic carbocycles. The fourth-order valence-electron chi connectivity index (χ4n) is 1.56. The number of esters is 1. The van der Waals surface area contributed by atoms with Gasteiger partial charge in [-0.3, -0.25) is 4.79 Å². The maximum absolute atomic E-state index is 11.6. The molecule has 0 spiro atoms. The number of rotatable bonds is 7. The Labute approximate surface area is 106 Å². The quantitative estimate of drug-likeness (QED) is 0.704.